The first-order valence-corrected chi connectivity index (χ1v) is 9.39. The van der Waals surface area contributed by atoms with Crippen LogP contribution in [0.15, 0.2) is 47.3 Å². The van der Waals surface area contributed by atoms with Gasteiger partial charge < -0.3 is 10.1 Å². The van der Waals surface area contributed by atoms with Crippen molar-refractivity contribution in [1.82, 2.24) is 15.1 Å². The summed E-state index contributed by atoms with van der Waals surface area (Å²) in [6, 6.07) is 12.2. The molecule has 2 aromatic carbocycles. The summed E-state index contributed by atoms with van der Waals surface area (Å²) in [7, 11) is 1.56. The average molecular weight is 400 g/mol. The van der Waals surface area contributed by atoms with Gasteiger partial charge in [-0.1, -0.05) is 43.6 Å². The van der Waals surface area contributed by atoms with Gasteiger partial charge in [0.15, 0.2) is 5.69 Å². The zero-order valence-electron chi connectivity index (χ0n) is 16.0. The van der Waals surface area contributed by atoms with Crippen LogP contribution in [0.5, 0.6) is 5.75 Å². The maximum Gasteiger partial charge on any atom is 0.274 e. The predicted molar refractivity (Wildman–Crippen MR) is 110 cm³/mol. The van der Waals surface area contributed by atoms with Crippen LogP contribution in [0.3, 0.4) is 0 Å². The van der Waals surface area contributed by atoms with Crippen LogP contribution in [0.1, 0.15) is 29.9 Å². The van der Waals surface area contributed by atoms with Crippen LogP contribution in [0, 0.1) is 5.92 Å². The maximum atomic E-state index is 12.9. The lowest BCUT2D eigenvalue weighted by Crippen LogP contribution is -2.31. The standard InChI is InChI=1S/C21H22ClN3O3/c1-13(2)12-25-21(27)17-7-5-4-6-16(17)19(24-25)20(26)23-11-14-10-15(22)8-9-18(14)28-3/h4-10,13H,11-12H2,1-3H3,(H,23,26). The molecule has 0 saturated heterocycles. The fourth-order valence-electron chi connectivity index (χ4n) is 3.02. The highest BCUT2D eigenvalue weighted by Gasteiger charge is 2.17. The van der Waals surface area contributed by atoms with E-state index in [1.165, 1.54) is 4.68 Å². The number of rotatable bonds is 6. The summed E-state index contributed by atoms with van der Waals surface area (Å²) in [6.45, 7) is 4.65. The second-order valence-electron chi connectivity index (χ2n) is 6.91. The van der Waals surface area contributed by atoms with Gasteiger partial charge in [-0.15, -0.1) is 0 Å². The van der Waals surface area contributed by atoms with Crippen molar-refractivity contribution in [1.29, 1.82) is 0 Å². The van der Waals surface area contributed by atoms with Crippen molar-refractivity contribution < 1.29 is 9.53 Å². The Balaban J connectivity index is 1.96. The van der Waals surface area contributed by atoms with Gasteiger partial charge in [-0.05, 0) is 30.2 Å². The minimum Gasteiger partial charge on any atom is -0.496 e. The molecule has 0 aliphatic carbocycles. The van der Waals surface area contributed by atoms with Gasteiger partial charge in [0.05, 0.1) is 12.5 Å². The van der Waals surface area contributed by atoms with E-state index in [2.05, 4.69) is 10.4 Å². The summed E-state index contributed by atoms with van der Waals surface area (Å²) in [5.74, 6) is 0.487. The molecule has 1 aromatic heterocycles. The number of amides is 1. The quantitative estimate of drug-likeness (QED) is 0.686. The first kappa shape index (κ1) is 19.9. The van der Waals surface area contributed by atoms with Crippen molar-refractivity contribution in [3.8, 4) is 5.75 Å². The first-order chi connectivity index (χ1) is 13.4. The fraction of sp³-hybridized carbons (Fsp3) is 0.286. The van der Waals surface area contributed by atoms with Gasteiger partial charge in [-0.25, -0.2) is 4.68 Å². The summed E-state index contributed by atoms with van der Waals surface area (Å²) >= 11 is 6.05. The lowest BCUT2D eigenvalue weighted by atomic mass is 10.1. The molecule has 6 nitrogen and oxygen atoms in total. The van der Waals surface area contributed by atoms with E-state index in [1.807, 2.05) is 13.8 Å². The number of fused-ring (bicyclic) bond motifs is 1. The van der Waals surface area contributed by atoms with Crippen molar-refractivity contribution in [2.24, 2.45) is 5.92 Å². The molecule has 0 atom stereocenters. The Kier molecular flexibility index (Phi) is 5.99. The number of nitrogens with one attached hydrogen (secondary N) is 1. The van der Waals surface area contributed by atoms with E-state index >= 15 is 0 Å². The normalized spacial score (nSPS) is 11.0. The number of ether oxygens (including phenoxy) is 1. The van der Waals surface area contributed by atoms with Crippen molar-refractivity contribution >= 4 is 28.3 Å². The third-order valence-electron chi connectivity index (χ3n) is 4.30. The Hall–Kier alpha value is -2.86. The molecule has 28 heavy (non-hydrogen) atoms. The van der Waals surface area contributed by atoms with Crippen molar-refractivity contribution in [2.75, 3.05) is 7.11 Å². The van der Waals surface area contributed by atoms with Crippen LogP contribution in [-0.4, -0.2) is 22.8 Å². The van der Waals surface area contributed by atoms with Crippen molar-refractivity contribution in [3.63, 3.8) is 0 Å². The molecule has 0 aliphatic rings. The molecule has 0 saturated carbocycles. The van der Waals surface area contributed by atoms with E-state index in [9.17, 15) is 9.59 Å². The molecule has 1 N–H and O–H groups in total. The van der Waals surface area contributed by atoms with Gasteiger partial charge in [-0.2, -0.15) is 5.10 Å². The van der Waals surface area contributed by atoms with E-state index in [-0.39, 0.29) is 29.6 Å². The summed E-state index contributed by atoms with van der Waals surface area (Å²) in [4.78, 5) is 25.6. The minimum absolute atomic E-state index is 0.197. The lowest BCUT2D eigenvalue weighted by Gasteiger charge is -2.13. The molecule has 146 valence electrons. The number of hydrogen-bond acceptors (Lipinski definition) is 4. The van der Waals surface area contributed by atoms with Crippen LogP contribution < -0.4 is 15.6 Å². The van der Waals surface area contributed by atoms with Crippen LogP contribution in [0.2, 0.25) is 5.02 Å². The number of aromatic nitrogens is 2. The largest absolute Gasteiger partial charge is 0.496 e. The molecule has 1 heterocycles. The Bertz CT molecular complexity index is 1080. The number of carbonyl (C=O) groups is 1. The Morgan fingerprint density at radius 2 is 1.93 bits per heavy atom. The predicted octanol–water partition coefficient (Wildman–Crippen LogP) is 3.64. The number of carbonyl (C=O) groups excluding carboxylic acids is 1. The zero-order valence-corrected chi connectivity index (χ0v) is 16.8. The van der Waals surface area contributed by atoms with Crippen LogP contribution >= 0.6 is 11.6 Å². The molecule has 0 aliphatic heterocycles. The molecule has 0 bridgehead atoms. The monoisotopic (exact) mass is 399 g/mol. The second kappa shape index (κ2) is 8.44. The summed E-state index contributed by atoms with van der Waals surface area (Å²) in [6.07, 6.45) is 0. The van der Waals surface area contributed by atoms with Gasteiger partial charge in [0.2, 0.25) is 0 Å². The van der Waals surface area contributed by atoms with Crippen LogP contribution in [-0.2, 0) is 13.1 Å². The van der Waals surface area contributed by atoms with E-state index in [4.69, 9.17) is 16.3 Å². The van der Waals surface area contributed by atoms with Crippen molar-refractivity contribution in [3.05, 3.63) is 69.1 Å². The summed E-state index contributed by atoms with van der Waals surface area (Å²) in [5.41, 5.74) is 0.775. The van der Waals surface area contributed by atoms with E-state index < -0.39 is 0 Å². The number of benzene rings is 2. The molecule has 3 rings (SSSR count). The Morgan fingerprint density at radius 1 is 1.21 bits per heavy atom. The summed E-state index contributed by atoms with van der Waals surface area (Å²) in [5, 5.41) is 8.76. The molecular formula is C21H22ClN3O3. The van der Waals surface area contributed by atoms with Gasteiger partial charge in [0.1, 0.15) is 5.75 Å². The minimum atomic E-state index is -0.365. The molecule has 0 fully saturated rings. The first-order valence-electron chi connectivity index (χ1n) is 9.01. The molecule has 1 amide bonds. The van der Waals surface area contributed by atoms with Crippen LogP contribution in [0.4, 0.5) is 0 Å². The van der Waals surface area contributed by atoms with E-state index in [1.54, 1.807) is 49.6 Å². The van der Waals surface area contributed by atoms with Gasteiger partial charge >= 0.3 is 0 Å². The third kappa shape index (κ3) is 4.17. The van der Waals surface area contributed by atoms with Crippen LogP contribution in [0.25, 0.3) is 10.8 Å². The molecular weight excluding hydrogens is 378 g/mol. The number of hydrogen-bond donors (Lipinski definition) is 1. The molecule has 0 radical (unpaired) electrons. The zero-order chi connectivity index (χ0) is 20.3. The SMILES string of the molecule is COc1ccc(Cl)cc1CNC(=O)c1nn(CC(C)C)c(=O)c2ccccc12. The Morgan fingerprint density at radius 3 is 2.61 bits per heavy atom. The molecule has 0 unspecified atom stereocenters. The number of halogens is 1. The fourth-order valence-corrected chi connectivity index (χ4v) is 3.21. The van der Waals surface area contributed by atoms with Crippen molar-refractivity contribution in [2.45, 2.75) is 26.9 Å². The highest BCUT2D eigenvalue weighted by molar-refractivity contribution is 6.30. The number of methoxy groups -OCH3 is 1. The van der Waals surface area contributed by atoms with E-state index in [0.29, 0.717) is 28.1 Å². The lowest BCUT2D eigenvalue weighted by molar-refractivity contribution is 0.0945. The molecule has 7 heteroatoms. The summed E-state index contributed by atoms with van der Waals surface area (Å²) < 4.78 is 6.68. The number of nitrogens with zero attached hydrogens (tertiary/aromatic N) is 2. The topological polar surface area (TPSA) is 73.2 Å². The smallest absolute Gasteiger partial charge is 0.274 e. The van der Waals surface area contributed by atoms with E-state index in [0.717, 1.165) is 5.56 Å². The maximum absolute atomic E-state index is 12.9. The highest BCUT2D eigenvalue weighted by Crippen LogP contribution is 2.22. The average Bonchev–Trinajstić information content (AvgIpc) is 2.68. The van der Waals surface area contributed by atoms with Gasteiger partial charge in [0.25, 0.3) is 11.5 Å². The highest BCUT2D eigenvalue weighted by atomic mass is 35.5. The second-order valence-corrected chi connectivity index (χ2v) is 7.35. The van der Waals surface area contributed by atoms with Gasteiger partial charge in [-0.3, -0.25) is 9.59 Å². The molecule has 0 spiro atoms. The third-order valence-corrected chi connectivity index (χ3v) is 4.54. The molecule has 3 aromatic rings. The van der Waals surface area contributed by atoms with Gasteiger partial charge in [0, 0.05) is 29.1 Å². The Labute approximate surface area is 168 Å².